The predicted octanol–water partition coefficient (Wildman–Crippen LogP) is 3.04. The molecule has 0 N–H and O–H groups in total. The third kappa shape index (κ3) is 1.70. The van der Waals surface area contributed by atoms with Crippen LogP contribution in [0, 0.1) is 6.92 Å². The summed E-state index contributed by atoms with van der Waals surface area (Å²) in [7, 11) is 1.37. The lowest BCUT2D eigenvalue weighted by Crippen LogP contribution is -1.99. The molecule has 0 radical (unpaired) electrons. The number of aryl methyl sites for hydroxylation is 1. The summed E-state index contributed by atoms with van der Waals surface area (Å²) in [5.41, 5.74) is 0.895. The van der Waals surface area contributed by atoms with Gasteiger partial charge in [-0.05, 0) is 18.6 Å². The quantitative estimate of drug-likeness (QED) is 0.569. The highest BCUT2D eigenvalue weighted by molar-refractivity contribution is 7.21. The molecule has 2 rings (SSSR count). The van der Waals surface area contributed by atoms with Gasteiger partial charge in [0.25, 0.3) is 0 Å². The molecule has 0 unspecified atom stereocenters. The van der Waals surface area contributed by atoms with E-state index in [-0.39, 0.29) is 5.97 Å². The molecule has 0 atom stereocenters. The molecule has 2 heterocycles. The number of nitrogens with zero attached hydrogens (tertiary/aromatic N) is 1. The van der Waals surface area contributed by atoms with E-state index in [2.05, 4.69) is 4.98 Å². The fourth-order valence-electron chi connectivity index (χ4n) is 1.39. The number of esters is 1. The number of hydrogen-bond acceptors (Lipinski definition) is 4. The molecule has 0 aromatic carbocycles. The first-order valence-electron chi connectivity index (χ1n) is 4.26. The van der Waals surface area contributed by atoms with Crippen LogP contribution >= 0.6 is 22.9 Å². The fraction of sp³-hybridized carbons (Fsp3) is 0.200. The van der Waals surface area contributed by atoms with E-state index in [0.717, 1.165) is 15.6 Å². The second kappa shape index (κ2) is 3.79. The lowest BCUT2D eigenvalue weighted by atomic mass is 10.2. The molecule has 0 aliphatic heterocycles. The average molecular weight is 242 g/mol. The summed E-state index contributed by atoms with van der Waals surface area (Å²) in [4.78, 5) is 16.0. The number of rotatable bonds is 1. The van der Waals surface area contributed by atoms with Crippen LogP contribution in [-0.2, 0) is 4.74 Å². The van der Waals surface area contributed by atoms with Gasteiger partial charge in [0.05, 0.1) is 11.8 Å². The predicted molar refractivity (Wildman–Crippen MR) is 60.7 cm³/mol. The van der Waals surface area contributed by atoms with Gasteiger partial charge in [0.2, 0.25) is 0 Å². The molecule has 2 aromatic heterocycles. The number of pyridine rings is 1. The van der Waals surface area contributed by atoms with Crippen molar-refractivity contribution in [2.45, 2.75) is 6.92 Å². The number of carbonyl (C=O) groups is 1. The summed E-state index contributed by atoms with van der Waals surface area (Å²) < 4.78 is 5.64. The molecule has 0 bridgehead atoms. The summed E-state index contributed by atoms with van der Waals surface area (Å²) in [5, 5.41) is 1.39. The second-order valence-electron chi connectivity index (χ2n) is 3.05. The Morgan fingerprint density at radius 2 is 2.33 bits per heavy atom. The van der Waals surface area contributed by atoms with Gasteiger partial charge in [-0.15, -0.1) is 11.3 Å². The van der Waals surface area contributed by atoms with Crippen molar-refractivity contribution in [2.75, 3.05) is 7.11 Å². The number of thiophene rings is 1. The Morgan fingerprint density at radius 3 is 3.00 bits per heavy atom. The zero-order valence-electron chi connectivity index (χ0n) is 8.20. The van der Waals surface area contributed by atoms with Crippen LogP contribution in [0.25, 0.3) is 10.1 Å². The topological polar surface area (TPSA) is 39.2 Å². The molecule has 78 valence electrons. The van der Waals surface area contributed by atoms with Gasteiger partial charge in [-0.3, -0.25) is 0 Å². The van der Waals surface area contributed by atoms with Crippen molar-refractivity contribution in [2.24, 2.45) is 0 Å². The molecular formula is C10H8ClNO2S. The normalized spacial score (nSPS) is 10.6. The van der Waals surface area contributed by atoms with Gasteiger partial charge in [-0.2, -0.15) is 0 Å². The molecule has 0 saturated heterocycles. The standard InChI is InChI=1S/C10H8ClNO2S/c1-5-6-3-8(11)12-4-7(6)15-9(5)10(13)14-2/h3-4H,1-2H3. The lowest BCUT2D eigenvalue weighted by Gasteiger charge is -1.95. The third-order valence-electron chi connectivity index (χ3n) is 2.16. The number of methoxy groups -OCH3 is 1. The van der Waals surface area contributed by atoms with Gasteiger partial charge in [-0.25, -0.2) is 9.78 Å². The Balaban J connectivity index is 2.69. The van der Waals surface area contributed by atoms with E-state index in [1.54, 1.807) is 12.3 Å². The van der Waals surface area contributed by atoms with Crippen LogP contribution in [0.15, 0.2) is 12.3 Å². The van der Waals surface area contributed by atoms with Crippen LogP contribution in [0.3, 0.4) is 0 Å². The second-order valence-corrected chi connectivity index (χ2v) is 4.49. The highest BCUT2D eigenvalue weighted by Gasteiger charge is 2.15. The van der Waals surface area contributed by atoms with Crippen LogP contribution in [0.4, 0.5) is 0 Å². The summed E-state index contributed by atoms with van der Waals surface area (Å²) in [5.74, 6) is -0.315. The minimum Gasteiger partial charge on any atom is -0.465 e. The molecule has 0 aliphatic carbocycles. The van der Waals surface area contributed by atoms with Gasteiger partial charge in [0.15, 0.2) is 0 Å². The lowest BCUT2D eigenvalue weighted by molar-refractivity contribution is 0.0605. The maximum absolute atomic E-state index is 11.4. The smallest absolute Gasteiger partial charge is 0.348 e. The maximum Gasteiger partial charge on any atom is 0.348 e. The Hall–Kier alpha value is -1.13. The molecule has 0 spiro atoms. The van der Waals surface area contributed by atoms with Crippen molar-refractivity contribution in [3.63, 3.8) is 0 Å². The van der Waals surface area contributed by atoms with E-state index in [1.165, 1.54) is 18.4 Å². The molecule has 15 heavy (non-hydrogen) atoms. The van der Waals surface area contributed by atoms with E-state index in [1.807, 2.05) is 6.92 Å². The summed E-state index contributed by atoms with van der Waals surface area (Å²) >= 11 is 7.16. The first kappa shape index (κ1) is 10.4. The SMILES string of the molecule is COC(=O)c1sc2cnc(Cl)cc2c1C. The molecular weight excluding hydrogens is 234 g/mol. The van der Waals surface area contributed by atoms with Gasteiger partial charge in [0.1, 0.15) is 10.0 Å². The molecule has 0 saturated carbocycles. The third-order valence-corrected chi connectivity index (χ3v) is 3.59. The first-order chi connectivity index (χ1) is 7.13. The monoisotopic (exact) mass is 241 g/mol. The van der Waals surface area contributed by atoms with Crippen molar-refractivity contribution in [3.8, 4) is 0 Å². The van der Waals surface area contributed by atoms with Crippen molar-refractivity contribution in [3.05, 3.63) is 27.9 Å². The molecule has 0 amide bonds. The van der Waals surface area contributed by atoms with Gasteiger partial charge < -0.3 is 4.74 Å². The minimum atomic E-state index is -0.315. The van der Waals surface area contributed by atoms with Gasteiger partial charge in [-0.1, -0.05) is 11.6 Å². The number of hydrogen-bond donors (Lipinski definition) is 0. The zero-order valence-corrected chi connectivity index (χ0v) is 9.78. The van der Waals surface area contributed by atoms with E-state index < -0.39 is 0 Å². The molecule has 0 aliphatic rings. The summed E-state index contributed by atoms with van der Waals surface area (Å²) in [6.07, 6.45) is 1.67. The Morgan fingerprint density at radius 1 is 1.60 bits per heavy atom. The van der Waals surface area contributed by atoms with Gasteiger partial charge >= 0.3 is 5.97 Å². The Labute approximate surface area is 95.6 Å². The highest BCUT2D eigenvalue weighted by Crippen LogP contribution is 2.31. The van der Waals surface area contributed by atoms with Crippen molar-refractivity contribution in [1.29, 1.82) is 0 Å². The molecule has 3 nitrogen and oxygen atoms in total. The van der Waals surface area contributed by atoms with Crippen LogP contribution < -0.4 is 0 Å². The Kier molecular flexibility index (Phi) is 2.63. The van der Waals surface area contributed by atoms with E-state index in [0.29, 0.717) is 10.0 Å². The summed E-state index contributed by atoms with van der Waals surface area (Å²) in [6, 6.07) is 1.76. The van der Waals surface area contributed by atoms with Gasteiger partial charge in [0, 0.05) is 11.6 Å². The number of carbonyl (C=O) groups excluding carboxylic acids is 1. The maximum atomic E-state index is 11.4. The van der Waals surface area contributed by atoms with Crippen LogP contribution in [0.5, 0.6) is 0 Å². The number of fused-ring (bicyclic) bond motifs is 1. The van der Waals surface area contributed by atoms with Crippen molar-refractivity contribution >= 4 is 39.0 Å². The van der Waals surface area contributed by atoms with Crippen LogP contribution in [0.2, 0.25) is 5.15 Å². The minimum absolute atomic E-state index is 0.315. The largest absolute Gasteiger partial charge is 0.465 e. The molecule has 0 fully saturated rings. The first-order valence-corrected chi connectivity index (χ1v) is 5.46. The van der Waals surface area contributed by atoms with E-state index >= 15 is 0 Å². The van der Waals surface area contributed by atoms with Crippen molar-refractivity contribution < 1.29 is 9.53 Å². The molecule has 5 heteroatoms. The van der Waals surface area contributed by atoms with Crippen LogP contribution in [0.1, 0.15) is 15.2 Å². The van der Waals surface area contributed by atoms with E-state index in [4.69, 9.17) is 16.3 Å². The number of halogens is 1. The number of ether oxygens (including phenoxy) is 1. The number of aromatic nitrogens is 1. The van der Waals surface area contributed by atoms with E-state index in [9.17, 15) is 4.79 Å². The molecule has 2 aromatic rings. The zero-order chi connectivity index (χ0) is 11.0. The fourth-order valence-corrected chi connectivity index (χ4v) is 2.62. The van der Waals surface area contributed by atoms with Crippen LogP contribution in [-0.4, -0.2) is 18.1 Å². The highest BCUT2D eigenvalue weighted by atomic mass is 35.5. The Bertz CT molecular complexity index is 535. The van der Waals surface area contributed by atoms with Crippen molar-refractivity contribution in [1.82, 2.24) is 4.98 Å². The summed E-state index contributed by atoms with van der Waals surface area (Å²) in [6.45, 7) is 1.88. The average Bonchev–Trinajstić information content (AvgIpc) is 2.55.